The summed E-state index contributed by atoms with van der Waals surface area (Å²) in [5, 5.41) is 3.32. The number of hydrogen-bond donors (Lipinski definition) is 1. The molecule has 2 aliphatic heterocycles. The Labute approximate surface area is 132 Å². The van der Waals surface area contributed by atoms with Crippen molar-refractivity contribution in [3.63, 3.8) is 0 Å². The van der Waals surface area contributed by atoms with Gasteiger partial charge in [-0.25, -0.2) is 0 Å². The molecular formula is C16H26NO4P. The van der Waals surface area contributed by atoms with Gasteiger partial charge in [0, 0.05) is 0 Å². The number of rotatable bonds is 3. The monoisotopic (exact) mass is 327 g/mol. The molecule has 0 saturated carbocycles. The van der Waals surface area contributed by atoms with E-state index in [-0.39, 0.29) is 5.78 Å². The van der Waals surface area contributed by atoms with E-state index in [0.29, 0.717) is 13.2 Å². The fourth-order valence-electron chi connectivity index (χ4n) is 3.12. The summed E-state index contributed by atoms with van der Waals surface area (Å²) in [6, 6.07) is 10.1. The first-order valence-electron chi connectivity index (χ1n) is 7.71. The number of benzene rings is 1. The van der Waals surface area contributed by atoms with Crippen molar-refractivity contribution >= 4 is 7.51 Å². The Morgan fingerprint density at radius 1 is 0.955 bits per heavy atom. The molecule has 22 heavy (non-hydrogen) atoms. The molecule has 1 aromatic carbocycles. The fourth-order valence-corrected chi connectivity index (χ4v) is 7.92. The average molecular weight is 327 g/mol. The summed E-state index contributed by atoms with van der Waals surface area (Å²) < 4.78 is 25.4. The van der Waals surface area contributed by atoms with Gasteiger partial charge in [0.15, 0.2) is 0 Å². The topological polar surface area (TPSA) is 49.0 Å². The van der Waals surface area contributed by atoms with Crippen LogP contribution < -0.4 is 5.32 Å². The third kappa shape index (κ3) is 2.15. The van der Waals surface area contributed by atoms with E-state index in [1.54, 1.807) is 0 Å². The van der Waals surface area contributed by atoms with Crippen molar-refractivity contribution in [2.24, 2.45) is 0 Å². The Morgan fingerprint density at radius 2 is 1.45 bits per heavy atom. The summed E-state index contributed by atoms with van der Waals surface area (Å²) in [5.41, 5.74) is 0.0102. The third-order valence-corrected chi connectivity index (χ3v) is 9.04. The standard InChI is InChI=1S/C16H26NO4P/c1-15(2)16(3,4)21-22(20-15,18-11-12-19-22)14(17-5)13-9-7-6-8-10-13/h6-10,14,17H,11-12H2,1-5H3. The first kappa shape index (κ1) is 16.3. The molecule has 1 atom stereocenters. The van der Waals surface area contributed by atoms with E-state index < -0.39 is 18.7 Å². The second-order valence-electron chi connectivity index (χ2n) is 6.84. The Kier molecular flexibility index (Phi) is 3.69. The van der Waals surface area contributed by atoms with Crippen LogP contribution in [0.3, 0.4) is 0 Å². The van der Waals surface area contributed by atoms with Crippen molar-refractivity contribution in [3.05, 3.63) is 35.9 Å². The molecule has 0 aliphatic carbocycles. The van der Waals surface area contributed by atoms with Crippen molar-refractivity contribution < 1.29 is 18.1 Å². The van der Waals surface area contributed by atoms with Gasteiger partial charge < -0.3 is 0 Å². The molecule has 0 aromatic heterocycles. The number of nitrogens with one attached hydrogen (secondary N) is 1. The summed E-state index contributed by atoms with van der Waals surface area (Å²) in [7, 11) is -1.88. The van der Waals surface area contributed by atoms with Crippen molar-refractivity contribution in [1.29, 1.82) is 0 Å². The van der Waals surface area contributed by atoms with Gasteiger partial charge in [0.2, 0.25) is 0 Å². The van der Waals surface area contributed by atoms with Crippen molar-refractivity contribution in [3.8, 4) is 0 Å². The third-order valence-electron chi connectivity index (χ3n) is 4.78. The molecule has 1 spiro atoms. The molecule has 2 heterocycles. The Morgan fingerprint density at radius 3 is 1.91 bits per heavy atom. The van der Waals surface area contributed by atoms with Gasteiger partial charge in [0.05, 0.1) is 0 Å². The van der Waals surface area contributed by atoms with E-state index in [4.69, 9.17) is 18.1 Å². The van der Waals surface area contributed by atoms with Crippen LogP contribution in [0, 0.1) is 0 Å². The Balaban J connectivity index is 2.14. The summed E-state index contributed by atoms with van der Waals surface area (Å²) >= 11 is 0. The SMILES string of the molecule is CNC(c1ccccc1)P12(OCCO1)OC(C)(C)C(C)(C)O2. The summed E-state index contributed by atoms with van der Waals surface area (Å²) in [4.78, 5) is 0. The molecular weight excluding hydrogens is 301 g/mol. The average Bonchev–Trinajstić information content (AvgIpc) is 2.90. The maximum atomic E-state index is 6.51. The van der Waals surface area contributed by atoms with E-state index in [2.05, 4.69) is 5.32 Å². The van der Waals surface area contributed by atoms with Gasteiger partial charge >= 0.3 is 132 Å². The molecule has 5 nitrogen and oxygen atoms in total. The maximum absolute atomic E-state index is 6.51. The summed E-state index contributed by atoms with van der Waals surface area (Å²) in [6.07, 6.45) is 0. The van der Waals surface area contributed by atoms with Crippen LogP contribution in [-0.4, -0.2) is 31.5 Å². The van der Waals surface area contributed by atoms with Crippen LogP contribution in [0.25, 0.3) is 0 Å². The van der Waals surface area contributed by atoms with Crippen molar-refractivity contribution in [2.75, 3.05) is 20.3 Å². The molecule has 0 amide bonds. The fraction of sp³-hybridized carbons (Fsp3) is 0.625. The van der Waals surface area contributed by atoms with Crippen molar-refractivity contribution in [1.82, 2.24) is 5.32 Å². The Bertz CT molecular complexity index is 535. The molecule has 1 N–H and O–H groups in total. The van der Waals surface area contributed by atoms with E-state index >= 15 is 0 Å². The molecule has 2 saturated heterocycles. The zero-order valence-electron chi connectivity index (χ0n) is 14.0. The quantitative estimate of drug-likeness (QED) is 0.857. The van der Waals surface area contributed by atoms with E-state index in [0.717, 1.165) is 5.56 Å². The predicted octanol–water partition coefficient (Wildman–Crippen LogP) is 3.77. The van der Waals surface area contributed by atoms with E-state index in [1.165, 1.54) is 0 Å². The van der Waals surface area contributed by atoms with Gasteiger partial charge in [-0.3, -0.25) is 0 Å². The number of hydrogen-bond acceptors (Lipinski definition) is 5. The van der Waals surface area contributed by atoms with Crippen LogP contribution in [0.15, 0.2) is 30.3 Å². The van der Waals surface area contributed by atoms with Crippen LogP contribution in [0.5, 0.6) is 0 Å². The van der Waals surface area contributed by atoms with Crippen molar-refractivity contribution in [2.45, 2.75) is 44.7 Å². The molecule has 0 bridgehead atoms. The van der Waals surface area contributed by atoms with Gasteiger partial charge in [-0.2, -0.15) is 0 Å². The van der Waals surface area contributed by atoms with Gasteiger partial charge in [-0.15, -0.1) is 0 Å². The predicted molar refractivity (Wildman–Crippen MR) is 87.4 cm³/mol. The van der Waals surface area contributed by atoms with Gasteiger partial charge in [-0.05, 0) is 0 Å². The van der Waals surface area contributed by atoms with Crippen LogP contribution in [-0.2, 0) is 18.1 Å². The second kappa shape index (κ2) is 4.97. The molecule has 1 unspecified atom stereocenters. The minimum atomic E-state index is -3.77. The zero-order valence-corrected chi connectivity index (χ0v) is 14.9. The molecule has 1 aromatic rings. The molecule has 2 fully saturated rings. The molecule has 2 aliphatic rings. The second-order valence-corrected chi connectivity index (χ2v) is 9.98. The molecule has 3 rings (SSSR count). The Hall–Kier alpha value is -0.550. The first-order valence-corrected chi connectivity index (χ1v) is 9.69. The van der Waals surface area contributed by atoms with E-state index in [9.17, 15) is 0 Å². The first-order chi connectivity index (χ1) is 10.2. The van der Waals surface area contributed by atoms with Gasteiger partial charge in [0.25, 0.3) is 0 Å². The molecule has 0 radical (unpaired) electrons. The van der Waals surface area contributed by atoms with Crippen LogP contribution in [0.2, 0.25) is 0 Å². The van der Waals surface area contributed by atoms with Crippen LogP contribution in [0.1, 0.15) is 39.0 Å². The van der Waals surface area contributed by atoms with Crippen LogP contribution >= 0.6 is 7.51 Å². The zero-order chi connectivity index (χ0) is 16.1. The minimum absolute atomic E-state index is 0.282. The van der Waals surface area contributed by atoms with Gasteiger partial charge in [0.1, 0.15) is 0 Å². The normalized spacial score (nSPS) is 30.7. The summed E-state index contributed by atoms with van der Waals surface area (Å²) in [5.74, 6) is -0.282. The molecule has 6 heteroatoms. The summed E-state index contributed by atoms with van der Waals surface area (Å²) in [6.45, 7) is 9.06. The molecule has 124 valence electrons. The van der Waals surface area contributed by atoms with Crippen LogP contribution in [0.4, 0.5) is 0 Å². The van der Waals surface area contributed by atoms with E-state index in [1.807, 2.05) is 65.1 Å². The van der Waals surface area contributed by atoms with Gasteiger partial charge in [-0.1, -0.05) is 0 Å².